The molecule has 0 saturated heterocycles. The molecule has 0 saturated carbocycles. The van der Waals surface area contributed by atoms with Crippen molar-refractivity contribution in [3.8, 4) is 12.3 Å². The lowest BCUT2D eigenvalue weighted by Crippen LogP contribution is -2.21. The lowest BCUT2D eigenvalue weighted by Gasteiger charge is -2.25. The molecule has 1 rings (SSSR count). The minimum atomic E-state index is 0.168. The van der Waals surface area contributed by atoms with E-state index in [0.29, 0.717) is 13.0 Å². The molecule has 1 heterocycles. The minimum absolute atomic E-state index is 0.168. The Labute approximate surface area is 103 Å². The third kappa shape index (κ3) is 4.15. The Morgan fingerprint density at radius 2 is 2.60 bits per heavy atom. The van der Waals surface area contributed by atoms with Gasteiger partial charge in [-0.25, -0.2) is 0 Å². The van der Waals surface area contributed by atoms with Crippen LogP contribution in [0.15, 0.2) is 21.8 Å². The van der Waals surface area contributed by atoms with Crippen LogP contribution < -0.4 is 0 Å². The molecule has 1 aliphatic rings. The number of terminal acetylenes is 1. The second kappa shape index (κ2) is 6.04. The summed E-state index contributed by atoms with van der Waals surface area (Å²) in [4.78, 5) is 12.9. The molecule has 0 aromatic rings. The van der Waals surface area contributed by atoms with Gasteiger partial charge in [-0.1, -0.05) is 12.0 Å². The smallest absolute Gasteiger partial charge is 0.133 e. The minimum Gasteiger partial charge on any atom is -0.338 e. The SMILES string of the molecule is C#CCN1C=C(Br)SC/C1=C/CC(C)=O. The van der Waals surface area contributed by atoms with Gasteiger partial charge in [0.2, 0.25) is 0 Å². The lowest BCUT2D eigenvalue weighted by molar-refractivity contribution is -0.116. The lowest BCUT2D eigenvalue weighted by atomic mass is 10.2. The fraction of sp³-hybridized carbons (Fsp3) is 0.364. The largest absolute Gasteiger partial charge is 0.338 e. The average Bonchev–Trinajstić information content (AvgIpc) is 2.17. The molecule has 0 aromatic carbocycles. The summed E-state index contributed by atoms with van der Waals surface area (Å²) in [6, 6.07) is 0. The molecule has 4 heteroatoms. The van der Waals surface area contributed by atoms with Gasteiger partial charge in [0.1, 0.15) is 5.78 Å². The van der Waals surface area contributed by atoms with Crippen LogP contribution in [0.4, 0.5) is 0 Å². The summed E-state index contributed by atoms with van der Waals surface area (Å²) in [6.07, 6.45) is 9.67. The number of nitrogens with zero attached hydrogens (tertiary/aromatic N) is 1. The number of hydrogen-bond donors (Lipinski definition) is 0. The van der Waals surface area contributed by atoms with Gasteiger partial charge in [0.05, 0.1) is 10.4 Å². The summed E-state index contributed by atoms with van der Waals surface area (Å²) in [5.41, 5.74) is 1.11. The number of carbonyl (C=O) groups is 1. The molecule has 15 heavy (non-hydrogen) atoms. The van der Waals surface area contributed by atoms with Crippen molar-refractivity contribution in [3.63, 3.8) is 0 Å². The van der Waals surface area contributed by atoms with Crippen molar-refractivity contribution >= 4 is 33.5 Å². The van der Waals surface area contributed by atoms with Crippen molar-refractivity contribution in [2.45, 2.75) is 13.3 Å². The van der Waals surface area contributed by atoms with Gasteiger partial charge in [-0.05, 0) is 22.9 Å². The Balaban J connectivity index is 2.75. The van der Waals surface area contributed by atoms with Gasteiger partial charge in [-0.3, -0.25) is 4.79 Å². The third-order valence-corrected chi connectivity index (χ3v) is 3.58. The number of ketones is 1. The fourth-order valence-corrected chi connectivity index (χ4v) is 2.51. The summed E-state index contributed by atoms with van der Waals surface area (Å²) in [5, 5.41) is 0. The van der Waals surface area contributed by atoms with Gasteiger partial charge in [0.15, 0.2) is 0 Å². The second-order valence-corrected chi connectivity index (χ2v) is 5.55. The highest BCUT2D eigenvalue weighted by molar-refractivity contribution is 9.14. The molecule has 2 nitrogen and oxygen atoms in total. The fourth-order valence-electron chi connectivity index (χ4n) is 1.15. The highest BCUT2D eigenvalue weighted by atomic mass is 79.9. The molecule has 0 atom stereocenters. The summed E-state index contributed by atoms with van der Waals surface area (Å²) < 4.78 is 1.07. The van der Waals surface area contributed by atoms with Crippen LogP contribution in [0.2, 0.25) is 0 Å². The van der Waals surface area contributed by atoms with Gasteiger partial charge in [0, 0.05) is 24.1 Å². The van der Waals surface area contributed by atoms with Crippen molar-refractivity contribution < 1.29 is 4.79 Å². The van der Waals surface area contributed by atoms with E-state index in [0.717, 1.165) is 15.3 Å². The molecule has 80 valence electrons. The highest BCUT2D eigenvalue weighted by Crippen LogP contribution is 2.31. The predicted octanol–water partition coefficient (Wildman–Crippen LogP) is 2.73. The van der Waals surface area contributed by atoms with Crippen LogP contribution in [0.5, 0.6) is 0 Å². The van der Waals surface area contributed by atoms with E-state index in [1.165, 1.54) is 0 Å². The number of allylic oxidation sites excluding steroid dienone is 1. The maximum absolute atomic E-state index is 10.9. The summed E-state index contributed by atoms with van der Waals surface area (Å²) >= 11 is 5.12. The number of Topliss-reactive ketones (excluding diaryl/α,β-unsaturated/α-hetero) is 1. The van der Waals surface area contributed by atoms with Gasteiger partial charge in [-0.15, -0.1) is 18.2 Å². The molecular weight excluding hydrogens is 274 g/mol. The number of carbonyl (C=O) groups excluding carboxylic acids is 1. The van der Waals surface area contributed by atoms with E-state index in [1.807, 2.05) is 17.2 Å². The van der Waals surface area contributed by atoms with Crippen LogP contribution in [-0.2, 0) is 4.79 Å². The van der Waals surface area contributed by atoms with Crippen LogP contribution in [-0.4, -0.2) is 23.0 Å². The normalized spacial score (nSPS) is 18.6. The van der Waals surface area contributed by atoms with E-state index in [-0.39, 0.29) is 5.78 Å². The van der Waals surface area contributed by atoms with E-state index >= 15 is 0 Å². The van der Waals surface area contributed by atoms with Crippen molar-refractivity contribution in [2.24, 2.45) is 0 Å². The summed E-state index contributed by atoms with van der Waals surface area (Å²) in [7, 11) is 0. The molecule has 0 bridgehead atoms. The zero-order valence-electron chi connectivity index (χ0n) is 8.50. The molecule has 1 aliphatic heterocycles. The monoisotopic (exact) mass is 285 g/mol. The Morgan fingerprint density at radius 1 is 1.87 bits per heavy atom. The van der Waals surface area contributed by atoms with Gasteiger partial charge >= 0.3 is 0 Å². The molecule has 0 aliphatic carbocycles. The van der Waals surface area contributed by atoms with Gasteiger partial charge in [-0.2, -0.15) is 0 Å². The maximum atomic E-state index is 10.9. The Morgan fingerprint density at radius 3 is 3.20 bits per heavy atom. The van der Waals surface area contributed by atoms with Crippen LogP contribution in [0.25, 0.3) is 0 Å². The summed E-state index contributed by atoms with van der Waals surface area (Å²) in [5.74, 6) is 3.62. The zero-order chi connectivity index (χ0) is 11.3. The molecular formula is C11H12BrNOS. The van der Waals surface area contributed by atoms with Crippen molar-refractivity contribution in [3.05, 3.63) is 21.8 Å². The number of rotatable bonds is 3. The predicted molar refractivity (Wildman–Crippen MR) is 68.4 cm³/mol. The van der Waals surface area contributed by atoms with Crippen molar-refractivity contribution in [1.82, 2.24) is 4.90 Å². The number of halogens is 1. The molecule has 0 fully saturated rings. The quantitative estimate of drug-likeness (QED) is 0.744. The van der Waals surface area contributed by atoms with Gasteiger partial charge < -0.3 is 4.90 Å². The van der Waals surface area contributed by atoms with Crippen LogP contribution in [0, 0.1) is 12.3 Å². The Kier molecular flexibility index (Phi) is 5.00. The van der Waals surface area contributed by atoms with E-state index < -0.39 is 0 Å². The van der Waals surface area contributed by atoms with E-state index in [9.17, 15) is 4.79 Å². The maximum Gasteiger partial charge on any atom is 0.133 e. The van der Waals surface area contributed by atoms with E-state index in [2.05, 4.69) is 21.9 Å². The van der Waals surface area contributed by atoms with Crippen LogP contribution >= 0.6 is 27.7 Å². The third-order valence-electron chi connectivity index (χ3n) is 1.87. The topological polar surface area (TPSA) is 20.3 Å². The molecule has 0 aromatic heterocycles. The molecule has 0 unspecified atom stereocenters. The van der Waals surface area contributed by atoms with E-state index in [4.69, 9.17) is 6.42 Å². The first kappa shape index (κ1) is 12.4. The molecule has 0 N–H and O–H groups in total. The first-order chi connectivity index (χ1) is 7.13. The van der Waals surface area contributed by atoms with Gasteiger partial charge in [0.25, 0.3) is 0 Å². The highest BCUT2D eigenvalue weighted by Gasteiger charge is 2.13. The molecule has 0 radical (unpaired) electrons. The number of thioether (sulfide) groups is 1. The first-order valence-corrected chi connectivity index (χ1v) is 6.30. The number of hydrogen-bond acceptors (Lipinski definition) is 3. The van der Waals surface area contributed by atoms with Crippen LogP contribution in [0.3, 0.4) is 0 Å². The molecule has 0 spiro atoms. The average molecular weight is 286 g/mol. The van der Waals surface area contributed by atoms with Crippen molar-refractivity contribution in [1.29, 1.82) is 0 Å². The Hall–Kier alpha value is -0.660. The Bertz CT molecular complexity index is 354. The molecule has 0 amide bonds. The summed E-state index contributed by atoms with van der Waals surface area (Å²) in [6.45, 7) is 2.13. The zero-order valence-corrected chi connectivity index (χ0v) is 10.9. The second-order valence-electron chi connectivity index (χ2n) is 3.16. The first-order valence-electron chi connectivity index (χ1n) is 4.52. The van der Waals surface area contributed by atoms with E-state index in [1.54, 1.807) is 18.7 Å². The standard InChI is InChI=1S/C11H12BrNOS/c1-3-6-13-7-11(12)15-8-10(13)5-4-9(2)14/h1,5,7H,4,6,8H2,2H3/b10-5-. The van der Waals surface area contributed by atoms with Crippen molar-refractivity contribution in [2.75, 3.05) is 12.3 Å². The van der Waals surface area contributed by atoms with Crippen LogP contribution in [0.1, 0.15) is 13.3 Å².